The summed E-state index contributed by atoms with van der Waals surface area (Å²) < 4.78 is 14.1. The van der Waals surface area contributed by atoms with Crippen molar-refractivity contribution >= 4 is 5.97 Å². The van der Waals surface area contributed by atoms with Crippen molar-refractivity contribution in [2.24, 2.45) is 0 Å². The summed E-state index contributed by atoms with van der Waals surface area (Å²) in [5, 5.41) is 19.3. The van der Waals surface area contributed by atoms with E-state index in [0.717, 1.165) is 0 Å². The maximum absolute atomic E-state index is 13.0. The van der Waals surface area contributed by atoms with Gasteiger partial charge in [0.1, 0.15) is 12.4 Å². The third kappa shape index (κ3) is 2.83. The number of rotatable bonds is 4. The van der Waals surface area contributed by atoms with Crippen molar-refractivity contribution in [2.75, 3.05) is 0 Å². The lowest BCUT2D eigenvalue weighted by atomic mass is 10.1. The summed E-state index contributed by atoms with van der Waals surface area (Å²) in [7, 11) is 0. The second-order valence-electron chi connectivity index (χ2n) is 3.45. The molecule has 0 spiro atoms. The van der Waals surface area contributed by atoms with Gasteiger partial charge in [0.2, 0.25) is 0 Å². The molecule has 1 N–H and O–H groups in total. The molecule has 0 aliphatic rings. The molecule has 1 aromatic carbocycles. The van der Waals surface area contributed by atoms with Crippen LogP contribution in [-0.2, 0) is 17.8 Å². The van der Waals surface area contributed by atoms with E-state index in [0.29, 0.717) is 11.4 Å². The Morgan fingerprint density at radius 2 is 2.29 bits per heavy atom. The van der Waals surface area contributed by atoms with E-state index in [1.54, 1.807) is 12.1 Å². The molecule has 0 bridgehead atoms. The highest BCUT2D eigenvalue weighted by Crippen LogP contribution is 2.08. The molecule has 88 valence electrons. The number of benzene rings is 1. The molecule has 1 heterocycles. The average Bonchev–Trinajstić information content (AvgIpc) is 2.65. The molecule has 17 heavy (non-hydrogen) atoms. The fourth-order valence-corrected chi connectivity index (χ4v) is 1.43. The number of halogens is 1. The second kappa shape index (κ2) is 4.69. The Labute approximate surface area is 95.7 Å². The van der Waals surface area contributed by atoms with Crippen LogP contribution in [0.5, 0.6) is 0 Å². The molecule has 0 amide bonds. The highest BCUT2D eigenvalue weighted by molar-refractivity contribution is 5.66. The van der Waals surface area contributed by atoms with Crippen LogP contribution in [0.4, 0.5) is 4.39 Å². The maximum Gasteiger partial charge on any atom is 0.325 e. The van der Waals surface area contributed by atoms with E-state index in [4.69, 9.17) is 5.11 Å². The molecule has 0 aliphatic carbocycles. The van der Waals surface area contributed by atoms with Gasteiger partial charge < -0.3 is 5.11 Å². The molecule has 6 nitrogen and oxygen atoms in total. The van der Waals surface area contributed by atoms with Gasteiger partial charge in [-0.2, -0.15) is 0 Å². The highest BCUT2D eigenvalue weighted by Gasteiger charge is 2.10. The van der Waals surface area contributed by atoms with E-state index in [9.17, 15) is 9.18 Å². The molecular weight excluding hydrogens is 227 g/mol. The second-order valence-corrected chi connectivity index (χ2v) is 3.45. The smallest absolute Gasteiger partial charge is 0.325 e. The van der Waals surface area contributed by atoms with E-state index in [1.165, 1.54) is 16.8 Å². The summed E-state index contributed by atoms with van der Waals surface area (Å²) in [4.78, 5) is 10.5. The fraction of sp³-hybridized carbons (Fsp3) is 0.200. The van der Waals surface area contributed by atoms with Gasteiger partial charge in [-0.25, -0.2) is 9.07 Å². The molecule has 0 saturated heterocycles. The van der Waals surface area contributed by atoms with E-state index >= 15 is 0 Å². The van der Waals surface area contributed by atoms with E-state index in [1.807, 2.05) is 0 Å². The number of tetrazole rings is 1. The quantitative estimate of drug-likeness (QED) is 0.835. The minimum atomic E-state index is -1.03. The van der Waals surface area contributed by atoms with Crippen molar-refractivity contribution in [3.05, 3.63) is 41.5 Å². The van der Waals surface area contributed by atoms with E-state index in [-0.39, 0.29) is 18.8 Å². The predicted molar refractivity (Wildman–Crippen MR) is 54.7 cm³/mol. The minimum Gasteiger partial charge on any atom is -0.480 e. The summed E-state index contributed by atoms with van der Waals surface area (Å²) in [5.41, 5.74) is 0.687. The van der Waals surface area contributed by atoms with Crippen LogP contribution >= 0.6 is 0 Å². The average molecular weight is 236 g/mol. The molecule has 2 aromatic rings. The van der Waals surface area contributed by atoms with Crippen molar-refractivity contribution in [3.63, 3.8) is 0 Å². The Kier molecular flexibility index (Phi) is 3.08. The van der Waals surface area contributed by atoms with Crippen LogP contribution in [0.2, 0.25) is 0 Å². The molecule has 0 fully saturated rings. The Hall–Kier alpha value is -2.31. The fourth-order valence-electron chi connectivity index (χ4n) is 1.43. The topological polar surface area (TPSA) is 80.9 Å². The number of aliphatic carboxylic acids is 1. The summed E-state index contributed by atoms with van der Waals surface area (Å²) in [5.74, 6) is -0.990. The first-order valence-corrected chi connectivity index (χ1v) is 4.86. The zero-order valence-electron chi connectivity index (χ0n) is 8.75. The monoisotopic (exact) mass is 236 g/mol. The number of aromatic nitrogens is 4. The summed E-state index contributed by atoms with van der Waals surface area (Å²) in [6, 6.07) is 6.00. The van der Waals surface area contributed by atoms with Crippen molar-refractivity contribution in [1.82, 2.24) is 20.2 Å². The molecule has 0 saturated carbocycles. The number of carbonyl (C=O) groups is 1. The van der Waals surface area contributed by atoms with Crippen molar-refractivity contribution < 1.29 is 14.3 Å². The van der Waals surface area contributed by atoms with Gasteiger partial charge in [0.05, 0.1) is 0 Å². The minimum absolute atomic E-state index is 0.290. The molecular formula is C10H9FN4O2. The van der Waals surface area contributed by atoms with Gasteiger partial charge in [-0.1, -0.05) is 12.1 Å². The Balaban J connectivity index is 2.18. The Bertz CT molecular complexity index is 541. The van der Waals surface area contributed by atoms with Crippen molar-refractivity contribution in [3.8, 4) is 0 Å². The lowest BCUT2D eigenvalue weighted by Gasteiger charge is -2.01. The van der Waals surface area contributed by atoms with Gasteiger partial charge in [0, 0.05) is 6.42 Å². The van der Waals surface area contributed by atoms with Gasteiger partial charge >= 0.3 is 5.97 Å². The highest BCUT2D eigenvalue weighted by atomic mass is 19.1. The van der Waals surface area contributed by atoms with Crippen LogP contribution in [-0.4, -0.2) is 31.3 Å². The van der Waals surface area contributed by atoms with Gasteiger partial charge in [0.15, 0.2) is 5.82 Å². The first-order valence-electron chi connectivity index (χ1n) is 4.86. The summed E-state index contributed by atoms with van der Waals surface area (Å²) in [6.07, 6.45) is 0.290. The van der Waals surface area contributed by atoms with Gasteiger partial charge in [0.25, 0.3) is 0 Å². The lowest BCUT2D eigenvalue weighted by Crippen LogP contribution is -2.13. The summed E-state index contributed by atoms with van der Waals surface area (Å²) in [6.45, 7) is -0.308. The first-order chi connectivity index (χ1) is 8.15. The molecule has 0 aliphatic heterocycles. The number of hydrogen-bond donors (Lipinski definition) is 1. The SMILES string of the molecule is O=C(O)Cn1nnnc1Cc1cccc(F)c1. The van der Waals surface area contributed by atoms with Crippen LogP contribution in [0.1, 0.15) is 11.4 Å². The third-order valence-corrected chi connectivity index (χ3v) is 2.14. The molecule has 0 unspecified atom stereocenters. The molecule has 2 rings (SSSR count). The predicted octanol–water partition coefficient (Wildman–Crippen LogP) is 0.488. The largest absolute Gasteiger partial charge is 0.480 e. The number of carboxylic acid groups (broad SMARTS) is 1. The van der Waals surface area contributed by atoms with Crippen LogP contribution < -0.4 is 0 Å². The van der Waals surface area contributed by atoms with Crippen LogP contribution in [0.15, 0.2) is 24.3 Å². The molecule has 0 radical (unpaired) electrons. The van der Waals surface area contributed by atoms with Gasteiger partial charge in [-0.05, 0) is 28.1 Å². The lowest BCUT2D eigenvalue weighted by molar-refractivity contribution is -0.138. The van der Waals surface area contributed by atoms with E-state index < -0.39 is 5.97 Å². The van der Waals surface area contributed by atoms with E-state index in [2.05, 4.69) is 15.5 Å². The molecule has 7 heteroatoms. The van der Waals surface area contributed by atoms with Crippen LogP contribution in [0.3, 0.4) is 0 Å². The van der Waals surface area contributed by atoms with Crippen molar-refractivity contribution in [2.45, 2.75) is 13.0 Å². The number of nitrogens with zero attached hydrogens (tertiary/aromatic N) is 4. The normalized spacial score (nSPS) is 10.4. The zero-order valence-corrected chi connectivity index (χ0v) is 8.75. The third-order valence-electron chi connectivity index (χ3n) is 2.14. The summed E-state index contributed by atoms with van der Waals surface area (Å²) >= 11 is 0. The number of carboxylic acids is 1. The van der Waals surface area contributed by atoms with Crippen LogP contribution in [0, 0.1) is 5.82 Å². The van der Waals surface area contributed by atoms with Gasteiger partial charge in [-0.15, -0.1) is 5.10 Å². The number of hydrogen-bond acceptors (Lipinski definition) is 4. The Morgan fingerprint density at radius 1 is 1.47 bits per heavy atom. The zero-order chi connectivity index (χ0) is 12.3. The molecule has 1 aromatic heterocycles. The van der Waals surface area contributed by atoms with Crippen LogP contribution in [0.25, 0.3) is 0 Å². The molecule has 0 atom stereocenters. The van der Waals surface area contributed by atoms with Crippen molar-refractivity contribution in [1.29, 1.82) is 0 Å². The Morgan fingerprint density at radius 3 is 3.00 bits per heavy atom. The standard InChI is InChI=1S/C10H9FN4O2/c11-8-3-1-2-7(4-8)5-9-12-13-14-15(9)6-10(16)17/h1-4H,5-6H2,(H,16,17). The maximum atomic E-state index is 13.0. The van der Waals surface area contributed by atoms with Gasteiger partial charge in [-0.3, -0.25) is 4.79 Å². The first kappa shape index (κ1) is 11.2.